The molecule has 1 aromatic heterocycles. The number of carbonyl (C=O) groups excluding carboxylic acids is 2. The van der Waals surface area contributed by atoms with Gasteiger partial charge in [-0.05, 0) is 41.7 Å². The number of benzene rings is 2. The molecule has 34 heavy (non-hydrogen) atoms. The van der Waals surface area contributed by atoms with Gasteiger partial charge >= 0.3 is 0 Å². The molecule has 1 atom stereocenters. The number of carbonyl (C=O) groups is 2. The van der Waals surface area contributed by atoms with Crippen LogP contribution in [0.4, 0.5) is 0 Å². The molecule has 0 saturated carbocycles. The molecule has 0 spiro atoms. The van der Waals surface area contributed by atoms with Crippen molar-refractivity contribution in [2.24, 2.45) is 4.99 Å². The highest BCUT2D eigenvalue weighted by Crippen LogP contribution is 2.36. The third-order valence-corrected chi connectivity index (χ3v) is 6.36. The number of tetrazole rings is 1. The molecule has 3 heterocycles. The van der Waals surface area contributed by atoms with Crippen LogP contribution >= 0.6 is 0 Å². The van der Waals surface area contributed by atoms with Gasteiger partial charge in [0.2, 0.25) is 11.8 Å². The highest BCUT2D eigenvalue weighted by molar-refractivity contribution is 6.30. The third-order valence-electron chi connectivity index (χ3n) is 6.36. The van der Waals surface area contributed by atoms with E-state index in [1.165, 1.54) is 4.90 Å². The summed E-state index contributed by atoms with van der Waals surface area (Å²) in [4.78, 5) is 33.5. The summed E-state index contributed by atoms with van der Waals surface area (Å²) in [6.07, 6.45) is 2.66. The molecule has 0 bridgehead atoms. The van der Waals surface area contributed by atoms with Crippen molar-refractivity contribution >= 4 is 23.3 Å². The molecular formula is C25H25N7O2. The summed E-state index contributed by atoms with van der Waals surface area (Å²) in [5.41, 5.74) is 5.14. The van der Waals surface area contributed by atoms with Gasteiger partial charge in [0.15, 0.2) is 0 Å². The Balaban J connectivity index is 1.57. The normalized spacial score (nSPS) is 18.0. The number of hydrogen-bond acceptors (Lipinski definition) is 6. The highest BCUT2D eigenvalue weighted by Gasteiger charge is 2.44. The van der Waals surface area contributed by atoms with E-state index >= 15 is 0 Å². The van der Waals surface area contributed by atoms with E-state index in [-0.39, 0.29) is 11.8 Å². The Morgan fingerprint density at radius 1 is 1.00 bits per heavy atom. The Morgan fingerprint density at radius 2 is 1.71 bits per heavy atom. The lowest BCUT2D eigenvalue weighted by molar-refractivity contribution is -0.128. The monoisotopic (exact) mass is 455 g/mol. The summed E-state index contributed by atoms with van der Waals surface area (Å²) in [7, 11) is 1.88. The quantitative estimate of drug-likeness (QED) is 0.610. The fourth-order valence-electron chi connectivity index (χ4n) is 4.51. The third kappa shape index (κ3) is 3.49. The minimum Gasteiger partial charge on any atom is -0.318 e. The molecule has 1 N–H and O–H groups in total. The first-order valence-corrected chi connectivity index (χ1v) is 11.4. The second-order valence-corrected chi connectivity index (χ2v) is 8.44. The molecule has 3 aromatic rings. The van der Waals surface area contributed by atoms with Crippen molar-refractivity contribution in [1.29, 1.82) is 0 Å². The number of aromatic amines is 1. The maximum Gasteiger partial charge on any atom is 0.271 e. The highest BCUT2D eigenvalue weighted by atomic mass is 16.2. The van der Waals surface area contributed by atoms with Crippen LogP contribution in [0.1, 0.15) is 38.7 Å². The fraction of sp³-hybridized carbons (Fsp3) is 0.280. The molecule has 0 saturated heterocycles. The van der Waals surface area contributed by atoms with Gasteiger partial charge in [-0.2, -0.15) is 10.2 Å². The summed E-state index contributed by atoms with van der Waals surface area (Å²) >= 11 is 0. The molecule has 2 amide bonds. The van der Waals surface area contributed by atoms with Crippen molar-refractivity contribution in [3.63, 3.8) is 0 Å². The zero-order valence-electron chi connectivity index (χ0n) is 19.3. The molecule has 0 aliphatic carbocycles. The number of guanidine groups is 1. The number of aromatic nitrogens is 4. The van der Waals surface area contributed by atoms with E-state index in [0.717, 1.165) is 47.2 Å². The van der Waals surface area contributed by atoms with Gasteiger partial charge < -0.3 is 4.90 Å². The minimum atomic E-state index is -0.603. The topological polar surface area (TPSA) is 107 Å². The van der Waals surface area contributed by atoms with Crippen molar-refractivity contribution in [3.8, 4) is 22.5 Å². The summed E-state index contributed by atoms with van der Waals surface area (Å²) in [6, 6.07) is 15.2. The van der Waals surface area contributed by atoms with Gasteiger partial charge in [0.05, 0.1) is 5.57 Å². The SMILES string of the molecule is CCCCC1=C(c2ccc(-c3ccccc3-c3nn[nH]n3)cc2)C(=O)N2C(=NC(=O)C2C)N1C. The van der Waals surface area contributed by atoms with Gasteiger partial charge in [-0.25, -0.2) is 0 Å². The maximum absolute atomic E-state index is 13.6. The number of amides is 2. The van der Waals surface area contributed by atoms with E-state index < -0.39 is 6.04 Å². The van der Waals surface area contributed by atoms with Gasteiger partial charge in [-0.3, -0.25) is 14.5 Å². The van der Waals surface area contributed by atoms with Crippen LogP contribution in [0, 0.1) is 0 Å². The first-order valence-electron chi connectivity index (χ1n) is 11.4. The summed E-state index contributed by atoms with van der Waals surface area (Å²) in [6.45, 7) is 3.84. The number of nitrogens with zero attached hydrogens (tertiary/aromatic N) is 6. The molecule has 2 aliphatic heterocycles. The van der Waals surface area contributed by atoms with Gasteiger partial charge in [-0.15, -0.1) is 10.2 Å². The summed E-state index contributed by atoms with van der Waals surface area (Å²) < 4.78 is 0. The second-order valence-electron chi connectivity index (χ2n) is 8.44. The number of aliphatic imine (C=N–C) groups is 1. The second kappa shape index (κ2) is 8.66. The Labute approximate surface area is 197 Å². The average molecular weight is 456 g/mol. The van der Waals surface area contributed by atoms with Crippen molar-refractivity contribution in [2.45, 2.75) is 39.2 Å². The number of unbranched alkanes of at least 4 members (excludes halogenated alkanes) is 1. The van der Waals surface area contributed by atoms with Crippen molar-refractivity contribution in [3.05, 3.63) is 59.8 Å². The Morgan fingerprint density at radius 3 is 2.38 bits per heavy atom. The van der Waals surface area contributed by atoms with Crippen LogP contribution in [0.3, 0.4) is 0 Å². The van der Waals surface area contributed by atoms with Gasteiger partial charge in [-0.1, -0.05) is 61.9 Å². The largest absolute Gasteiger partial charge is 0.318 e. The smallest absolute Gasteiger partial charge is 0.271 e. The van der Waals surface area contributed by atoms with Crippen LogP contribution in [0.2, 0.25) is 0 Å². The predicted octanol–water partition coefficient (Wildman–Crippen LogP) is 3.49. The molecule has 5 rings (SSSR count). The van der Waals surface area contributed by atoms with Crippen molar-refractivity contribution < 1.29 is 9.59 Å². The van der Waals surface area contributed by atoms with E-state index in [1.807, 2.05) is 60.5 Å². The first kappa shape index (κ1) is 21.7. The molecule has 2 aromatic carbocycles. The Bertz CT molecular complexity index is 1310. The number of fused-ring (bicyclic) bond motifs is 1. The summed E-state index contributed by atoms with van der Waals surface area (Å²) in [5, 5.41) is 14.4. The Kier molecular flexibility index (Phi) is 5.53. The van der Waals surface area contributed by atoms with Gasteiger partial charge in [0, 0.05) is 18.3 Å². The molecule has 9 nitrogen and oxygen atoms in total. The number of rotatable bonds is 6. The minimum absolute atomic E-state index is 0.179. The molecular weight excluding hydrogens is 430 g/mol. The average Bonchev–Trinajstić information content (AvgIpc) is 3.49. The lowest BCUT2D eigenvalue weighted by atomic mass is 9.93. The van der Waals surface area contributed by atoms with Gasteiger partial charge in [0.25, 0.3) is 11.8 Å². The standard InChI is InChI=1S/C25H25N7O2/c1-4-5-10-20-21(24(34)32-15(2)23(33)26-25(32)31(20)3)17-13-11-16(12-14-17)18-8-6-7-9-19(18)22-27-29-30-28-22/h6-9,11-15H,4-5,10H2,1-3H3,(H,27,28,29,30). The van der Waals surface area contributed by atoms with Crippen LogP contribution in [0.15, 0.2) is 59.2 Å². The number of nitrogens with one attached hydrogen (secondary N) is 1. The van der Waals surface area contributed by atoms with E-state index in [2.05, 4.69) is 32.5 Å². The molecule has 172 valence electrons. The van der Waals surface area contributed by atoms with Crippen molar-refractivity contribution in [2.75, 3.05) is 7.05 Å². The van der Waals surface area contributed by atoms with Crippen molar-refractivity contribution in [1.82, 2.24) is 30.4 Å². The maximum atomic E-state index is 13.6. The van der Waals surface area contributed by atoms with E-state index in [0.29, 0.717) is 17.4 Å². The number of allylic oxidation sites excluding steroid dienone is 1. The zero-order chi connectivity index (χ0) is 23.8. The molecule has 1 unspecified atom stereocenters. The Hall–Kier alpha value is -4.14. The molecule has 9 heteroatoms. The van der Waals surface area contributed by atoms with E-state index in [9.17, 15) is 9.59 Å². The molecule has 2 aliphatic rings. The fourth-order valence-corrected chi connectivity index (χ4v) is 4.51. The van der Waals surface area contributed by atoms with Crippen LogP contribution in [0.25, 0.3) is 28.1 Å². The van der Waals surface area contributed by atoms with Crippen LogP contribution in [-0.4, -0.2) is 61.3 Å². The lowest BCUT2D eigenvalue weighted by Gasteiger charge is -2.37. The van der Waals surface area contributed by atoms with Crippen LogP contribution in [-0.2, 0) is 9.59 Å². The van der Waals surface area contributed by atoms with Gasteiger partial charge in [0.1, 0.15) is 6.04 Å². The van der Waals surface area contributed by atoms with Crippen LogP contribution in [0.5, 0.6) is 0 Å². The van der Waals surface area contributed by atoms with E-state index in [1.54, 1.807) is 6.92 Å². The van der Waals surface area contributed by atoms with E-state index in [4.69, 9.17) is 0 Å². The predicted molar refractivity (Wildman–Crippen MR) is 128 cm³/mol. The number of H-pyrrole nitrogens is 1. The zero-order valence-corrected chi connectivity index (χ0v) is 19.3. The molecule has 0 fully saturated rings. The number of hydrogen-bond donors (Lipinski definition) is 1. The van der Waals surface area contributed by atoms with Crippen LogP contribution < -0.4 is 0 Å². The summed E-state index contributed by atoms with van der Waals surface area (Å²) in [5.74, 6) is 0.469. The first-order chi connectivity index (χ1) is 16.5. The molecule has 0 radical (unpaired) electrons. The lowest BCUT2D eigenvalue weighted by Crippen LogP contribution is -2.51.